The monoisotopic (exact) mass is 247 g/mol. The topological polar surface area (TPSA) is 47.7 Å². The smallest absolute Gasteiger partial charge is 0.0791 e. The average Bonchev–Trinajstić information content (AvgIpc) is 2.93. The number of aromatic nitrogens is 4. The van der Waals surface area contributed by atoms with Crippen LogP contribution in [0.4, 0.5) is 0 Å². The molecule has 0 saturated carbocycles. The molecule has 18 heavy (non-hydrogen) atoms. The first kappa shape index (κ1) is 12.8. The summed E-state index contributed by atoms with van der Waals surface area (Å²) >= 11 is 0. The van der Waals surface area contributed by atoms with Gasteiger partial charge < -0.3 is 5.32 Å². The van der Waals surface area contributed by atoms with Crippen LogP contribution in [0.3, 0.4) is 0 Å². The van der Waals surface area contributed by atoms with Gasteiger partial charge in [-0.05, 0) is 26.8 Å². The van der Waals surface area contributed by atoms with E-state index in [4.69, 9.17) is 0 Å². The lowest BCUT2D eigenvalue weighted by atomic mass is 10.2. The van der Waals surface area contributed by atoms with Gasteiger partial charge in [-0.2, -0.15) is 10.2 Å². The third-order valence-electron chi connectivity index (χ3n) is 3.14. The standard InChI is InChI=1S/C13H21N5/c1-5-18-7-6-13(16-18)11(3)14-8-12-9-17(4)15-10(12)2/h6-7,9,11,14H,5,8H2,1-4H3. The van der Waals surface area contributed by atoms with Gasteiger partial charge in [0.1, 0.15) is 0 Å². The molecule has 5 heteroatoms. The summed E-state index contributed by atoms with van der Waals surface area (Å²) in [7, 11) is 1.95. The van der Waals surface area contributed by atoms with Gasteiger partial charge in [-0.15, -0.1) is 0 Å². The Hall–Kier alpha value is -1.62. The molecular formula is C13H21N5. The molecule has 2 rings (SSSR count). The highest BCUT2D eigenvalue weighted by molar-refractivity contribution is 5.15. The van der Waals surface area contributed by atoms with Crippen LogP contribution >= 0.6 is 0 Å². The van der Waals surface area contributed by atoms with Crippen molar-refractivity contribution in [2.75, 3.05) is 0 Å². The highest BCUT2D eigenvalue weighted by Gasteiger charge is 2.10. The van der Waals surface area contributed by atoms with Crippen LogP contribution in [0, 0.1) is 6.92 Å². The minimum absolute atomic E-state index is 0.248. The molecule has 1 atom stereocenters. The van der Waals surface area contributed by atoms with E-state index >= 15 is 0 Å². The van der Waals surface area contributed by atoms with Crippen LogP contribution in [0.2, 0.25) is 0 Å². The van der Waals surface area contributed by atoms with Crippen LogP contribution in [-0.4, -0.2) is 19.6 Å². The second kappa shape index (κ2) is 5.35. The van der Waals surface area contributed by atoms with Crippen LogP contribution in [0.25, 0.3) is 0 Å². The van der Waals surface area contributed by atoms with Crippen molar-refractivity contribution in [2.24, 2.45) is 7.05 Å². The summed E-state index contributed by atoms with van der Waals surface area (Å²) in [5.41, 5.74) is 3.40. The maximum absolute atomic E-state index is 4.50. The Bertz CT molecular complexity index is 511. The summed E-state index contributed by atoms with van der Waals surface area (Å²) in [6.07, 6.45) is 4.07. The van der Waals surface area contributed by atoms with E-state index in [0.29, 0.717) is 0 Å². The fraction of sp³-hybridized carbons (Fsp3) is 0.538. The van der Waals surface area contributed by atoms with E-state index < -0.39 is 0 Å². The third kappa shape index (κ3) is 2.79. The molecule has 0 fully saturated rings. The number of aryl methyl sites for hydroxylation is 3. The van der Waals surface area contributed by atoms with Gasteiger partial charge in [-0.3, -0.25) is 9.36 Å². The van der Waals surface area contributed by atoms with E-state index in [1.807, 2.05) is 29.5 Å². The molecule has 2 aromatic rings. The lowest BCUT2D eigenvalue weighted by Gasteiger charge is -2.10. The number of nitrogens with zero attached hydrogens (tertiary/aromatic N) is 4. The van der Waals surface area contributed by atoms with Crippen molar-refractivity contribution in [1.29, 1.82) is 0 Å². The number of hydrogen-bond acceptors (Lipinski definition) is 3. The maximum Gasteiger partial charge on any atom is 0.0791 e. The lowest BCUT2D eigenvalue weighted by Crippen LogP contribution is -2.19. The Labute approximate surface area is 108 Å². The summed E-state index contributed by atoms with van der Waals surface area (Å²) < 4.78 is 3.80. The van der Waals surface area contributed by atoms with Gasteiger partial charge in [0, 0.05) is 44.1 Å². The van der Waals surface area contributed by atoms with Crippen molar-refractivity contribution >= 4 is 0 Å². The van der Waals surface area contributed by atoms with E-state index in [1.54, 1.807) is 0 Å². The summed E-state index contributed by atoms with van der Waals surface area (Å²) in [6.45, 7) is 7.99. The lowest BCUT2D eigenvalue weighted by molar-refractivity contribution is 0.542. The van der Waals surface area contributed by atoms with Gasteiger partial charge in [0.2, 0.25) is 0 Å². The molecule has 1 N–H and O–H groups in total. The molecule has 2 aromatic heterocycles. The van der Waals surface area contributed by atoms with E-state index in [-0.39, 0.29) is 6.04 Å². The summed E-state index contributed by atoms with van der Waals surface area (Å²) in [5.74, 6) is 0. The van der Waals surface area contributed by atoms with Crippen molar-refractivity contribution in [2.45, 2.75) is 39.9 Å². The first-order chi connectivity index (χ1) is 8.60. The number of hydrogen-bond donors (Lipinski definition) is 1. The SMILES string of the molecule is CCn1ccc(C(C)NCc2cn(C)nc2C)n1. The Morgan fingerprint density at radius 1 is 1.39 bits per heavy atom. The van der Waals surface area contributed by atoms with Gasteiger partial charge in [-0.1, -0.05) is 0 Å². The van der Waals surface area contributed by atoms with Crippen molar-refractivity contribution in [3.8, 4) is 0 Å². The molecule has 0 bridgehead atoms. The van der Waals surface area contributed by atoms with Crippen LogP contribution in [0.5, 0.6) is 0 Å². The Morgan fingerprint density at radius 2 is 2.17 bits per heavy atom. The normalized spacial score (nSPS) is 12.9. The third-order valence-corrected chi connectivity index (χ3v) is 3.14. The fourth-order valence-corrected chi connectivity index (χ4v) is 1.97. The van der Waals surface area contributed by atoms with Gasteiger partial charge >= 0.3 is 0 Å². The summed E-state index contributed by atoms with van der Waals surface area (Å²) in [5, 5.41) is 12.3. The molecule has 0 radical (unpaired) electrons. The largest absolute Gasteiger partial charge is 0.305 e. The van der Waals surface area contributed by atoms with Crippen molar-refractivity contribution < 1.29 is 0 Å². The molecule has 0 aliphatic carbocycles. The van der Waals surface area contributed by atoms with Crippen molar-refractivity contribution in [3.05, 3.63) is 35.4 Å². The van der Waals surface area contributed by atoms with Crippen LogP contribution in [0.1, 0.15) is 36.8 Å². The Morgan fingerprint density at radius 3 is 2.72 bits per heavy atom. The quantitative estimate of drug-likeness (QED) is 0.876. The predicted octanol–water partition coefficient (Wildman–Crippen LogP) is 1.80. The summed E-state index contributed by atoms with van der Waals surface area (Å²) in [6, 6.07) is 2.31. The zero-order chi connectivity index (χ0) is 13.1. The molecule has 0 aliphatic rings. The van der Waals surface area contributed by atoms with Gasteiger partial charge in [0.15, 0.2) is 0 Å². The van der Waals surface area contributed by atoms with Crippen LogP contribution < -0.4 is 5.32 Å². The second-order valence-corrected chi connectivity index (χ2v) is 4.61. The van der Waals surface area contributed by atoms with Crippen LogP contribution in [-0.2, 0) is 20.1 Å². The highest BCUT2D eigenvalue weighted by Crippen LogP contribution is 2.11. The van der Waals surface area contributed by atoms with E-state index in [1.165, 1.54) is 5.56 Å². The first-order valence-electron chi connectivity index (χ1n) is 6.36. The number of nitrogens with one attached hydrogen (secondary N) is 1. The molecule has 0 saturated heterocycles. The molecule has 0 amide bonds. The minimum atomic E-state index is 0.248. The first-order valence-corrected chi connectivity index (χ1v) is 6.36. The van der Waals surface area contributed by atoms with Gasteiger partial charge in [0.05, 0.1) is 11.4 Å². The zero-order valence-electron chi connectivity index (χ0n) is 11.5. The predicted molar refractivity (Wildman–Crippen MR) is 71.1 cm³/mol. The molecule has 1 unspecified atom stereocenters. The molecule has 0 aliphatic heterocycles. The Kier molecular flexibility index (Phi) is 3.81. The van der Waals surface area contributed by atoms with Crippen molar-refractivity contribution in [1.82, 2.24) is 24.9 Å². The molecule has 0 spiro atoms. The number of rotatable bonds is 5. The Balaban J connectivity index is 1.95. The average molecular weight is 247 g/mol. The highest BCUT2D eigenvalue weighted by atomic mass is 15.3. The van der Waals surface area contributed by atoms with Gasteiger partial charge in [-0.25, -0.2) is 0 Å². The minimum Gasteiger partial charge on any atom is -0.305 e. The zero-order valence-corrected chi connectivity index (χ0v) is 11.5. The van der Waals surface area contributed by atoms with Gasteiger partial charge in [0.25, 0.3) is 0 Å². The van der Waals surface area contributed by atoms with E-state index in [0.717, 1.165) is 24.5 Å². The van der Waals surface area contributed by atoms with Crippen molar-refractivity contribution in [3.63, 3.8) is 0 Å². The summed E-state index contributed by atoms with van der Waals surface area (Å²) in [4.78, 5) is 0. The fourth-order valence-electron chi connectivity index (χ4n) is 1.97. The molecule has 98 valence electrons. The molecular weight excluding hydrogens is 226 g/mol. The molecule has 5 nitrogen and oxygen atoms in total. The maximum atomic E-state index is 4.50. The molecule has 2 heterocycles. The second-order valence-electron chi connectivity index (χ2n) is 4.61. The van der Waals surface area contributed by atoms with E-state index in [9.17, 15) is 0 Å². The van der Waals surface area contributed by atoms with E-state index in [2.05, 4.69) is 41.6 Å². The van der Waals surface area contributed by atoms with Crippen LogP contribution in [0.15, 0.2) is 18.5 Å². The molecule has 0 aromatic carbocycles.